The SMILES string of the molecule is O=C1[O][Bi][S]c2ccccc21. The Morgan fingerprint density at radius 1 is 1.36 bits per heavy atom. The summed E-state index contributed by atoms with van der Waals surface area (Å²) in [5, 5.41) is 0. The Balaban J connectivity index is 2.52. The van der Waals surface area contributed by atoms with Crippen LogP contribution in [0.3, 0.4) is 0 Å². The molecule has 1 aliphatic rings. The van der Waals surface area contributed by atoms with Crippen molar-refractivity contribution in [3.8, 4) is 0 Å². The predicted molar refractivity (Wildman–Crippen MR) is 43.5 cm³/mol. The Labute approximate surface area is 78.8 Å². The van der Waals surface area contributed by atoms with Crippen molar-refractivity contribution in [1.29, 1.82) is 0 Å². The number of fused-ring (bicyclic) bond motifs is 1. The fourth-order valence-corrected chi connectivity index (χ4v) is 5.83. The molecule has 0 unspecified atom stereocenters. The van der Waals surface area contributed by atoms with Crippen LogP contribution in [0, 0.1) is 0 Å². The summed E-state index contributed by atoms with van der Waals surface area (Å²) in [6.07, 6.45) is 0. The molecule has 0 saturated carbocycles. The van der Waals surface area contributed by atoms with Crippen molar-refractivity contribution in [2.24, 2.45) is 0 Å². The second kappa shape index (κ2) is 3.12. The van der Waals surface area contributed by atoms with E-state index in [1.54, 1.807) is 8.52 Å². The molecule has 0 saturated heterocycles. The van der Waals surface area contributed by atoms with Gasteiger partial charge in [0.2, 0.25) is 0 Å². The van der Waals surface area contributed by atoms with Gasteiger partial charge in [-0.2, -0.15) is 0 Å². The first kappa shape index (κ1) is 7.57. The van der Waals surface area contributed by atoms with Crippen LogP contribution in [0.5, 0.6) is 0 Å². The van der Waals surface area contributed by atoms with E-state index in [1.165, 1.54) is 0 Å². The van der Waals surface area contributed by atoms with Gasteiger partial charge < -0.3 is 0 Å². The average Bonchev–Trinajstić information content (AvgIpc) is 2.06. The normalized spacial score (nSPS) is 15.5. The molecule has 0 atom stereocenters. The Hall–Kier alpha value is -0.0769. The van der Waals surface area contributed by atoms with Crippen molar-refractivity contribution in [2.45, 2.75) is 4.90 Å². The standard InChI is InChI=1S/C7H6O2S.Bi/c8-7(9)5-3-1-2-4-6(5)10;/h1-4,10H,(H,8,9);/q;+2/p-2. The van der Waals surface area contributed by atoms with Crippen molar-refractivity contribution < 1.29 is 7.61 Å². The van der Waals surface area contributed by atoms with E-state index in [0.717, 1.165) is 10.5 Å². The molecule has 55 valence electrons. The Bertz CT molecular complexity index is 300. The molecular weight excluding hydrogens is 357 g/mol. The van der Waals surface area contributed by atoms with Gasteiger partial charge in [-0.25, -0.2) is 0 Å². The van der Waals surface area contributed by atoms with Crippen LogP contribution in [0.1, 0.15) is 10.4 Å². The summed E-state index contributed by atoms with van der Waals surface area (Å²) in [4.78, 5) is 12.2. The van der Waals surface area contributed by atoms with E-state index in [9.17, 15) is 4.79 Å². The van der Waals surface area contributed by atoms with Crippen molar-refractivity contribution in [3.05, 3.63) is 29.8 Å². The van der Waals surface area contributed by atoms with Gasteiger partial charge in [-0.15, -0.1) is 0 Å². The molecule has 1 aromatic rings. The molecule has 1 heterocycles. The van der Waals surface area contributed by atoms with E-state index in [1.807, 2.05) is 24.3 Å². The van der Waals surface area contributed by atoms with Gasteiger partial charge in [-0.1, -0.05) is 0 Å². The molecule has 0 aliphatic carbocycles. The number of carbonyl (C=O) groups is 1. The summed E-state index contributed by atoms with van der Waals surface area (Å²) in [6.45, 7) is 0. The molecule has 1 radical (unpaired) electrons. The molecule has 0 aromatic heterocycles. The minimum atomic E-state index is -1.02. The minimum absolute atomic E-state index is 0.129. The molecule has 2 rings (SSSR count). The molecule has 0 spiro atoms. The maximum atomic E-state index is 11.1. The van der Waals surface area contributed by atoms with E-state index in [2.05, 4.69) is 0 Å². The molecule has 0 fully saturated rings. The second-order valence-corrected chi connectivity index (χ2v) is 7.39. The van der Waals surface area contributed by atoms with Crippen LogP contribution in [0.4, 0.5) is 0 Å². The van der Waals surface area contributed by atoms with Gasteiger partial charge in [0.15, 0.2) is 0 Å². The molecule has 1 aromatic carbocycles. The van der Waals surface area contributed by atoms with E-state index in [4.69, 9.17) is 2.81 Å². The third-order valence-corrected chi connectivity index (χ3v) is 6.74. The van der Waals surface area contributed by atoms with Crippen molar-refractivity contribution in [1.82, 2.24) is 0 Å². The summed E-state index contributed by atoms with van der Waals surface area (Å²) in [5.74, 6) is -0.129. The molecule has 0 N–H and O–H groups in total. The van der Waals surface area contributed by atoms with Gasteiger partial charge in [0.25, 0.3) is 0 Å². The van der Waals surface area contributed by atoms with Crippen molar-refractivity contribution in [3.63, 3.8) is 0 Å². The van der Waals surface area contributed by atoms with Gasteiger partial charge in [-0.3, -0.25) is 0 Å². The molecular formula is C7H4BiO2S. The van der Waals surface area contributed by atoms with Gasteiger partial charge in [0, 0.05) is 0 Å². The fraction of sp³-hybridized carbons (Fsp3) is 0. The summed E-state index contributed by atoms with van der Waals surface area (Å²) >= 11 is -1.02. The van der Waals surface area contributed by atoms with E-state index in [-0.39, 0.29) is 5.97 Å². The number of carbonyl (C=O) groups excluding carboxylic acids is 1. The van der Waals surface area contributed by atoms with Crippen LogP contribution >= 0.6 is 8.52 Å². The molecule has 11 heavy (non-hydrogen) atoms. The molecule has 1 aliphatic heterocycles. The quantitative estimate of drug-likeness (QED) is 0.655. The van der Waals surface area contributed by atoms with Gasteiger partial charge in [0.1, 0.15) is 0 Å². The Morgan fingerprint density at radius 3 is 3.00 bits per heavy atom. The third-order valence-electron chi connectivity index (χ3n) is 1.36. The zero-order valence-electron chi connectivity index (χ0n) is 5.48. The van der Waals surface area contributed by atoms with E-state index < -0.39 is 22.2 Å². The first-order valence-electron chi connectivity index (χ1n) is 3.05. The maximum absolute atomic E-state index is 11.1. The zero-order valence-corrected chi connectivity index (χ0v) is 9.77. The number of hydrogen-bond donors (Lipinski definition) is 0. The fourth-order valence-electron chi connectivity index (χ4n) is 0.857. The van der Waals surface area contributed by atoms with Gasteiger partial charge in [0.05, 0.1) is 0 Å². The molecule has 0 bridgehead atoms. The van der Waals surface area contributed by atoms with Crippen LogP contribution < -0.4 is 0 Å². The topological polar surface area (TPSA) is 26.3 Å². The van der Waals surface area contributed by atoms with Crippen molar-refractivity contribution >= 4 is 36.7 Å². The summed E-state index contributed by atoms with van der Waals surface area (Å²) in [5.41, 5.74) is 0.729. The number of hydrogen-bond acceptors (Lipinski definition) is 3. The van der Waals surface area contributed by atoms with Crippen LogP contribution in [0.15, 0.2) is 29.2 Å². The summed E-state index contributed by atoms with van der Waals surface area (Å²) in [6, 6.07) is 7.60. The monoisotopic (exact) mass is 361 g/mol. The van der Waals surface area contributed by atoms with Crippen LogP contribution in [0.25, 0.3) is 0 Å². The first-order chi connectivity index (χ1) is 5.38. The number of rotatable bonds is 0. The Morgan fingerprint density at radius 2 is 2.18 bits per heavy atom. The Kier molecular flexibility index (Phi) is 2.14. The average molecular weight is 361 g/mol. The number of benzene rings is 1. The van der Waals surface area contributed by atoms with Gasteiger partial charge >= 0.3 is 79.0 Å². The first-order valence-corrected chi connectivity index (χ1v) is 9.51. The summed E-state index contributed by atoms with van der Waals surface area (Å²) in [7, 11) is 1.73. The van der Waals surface area contributed by atoms with Crippen LogP contribution in [0.2, 0.25) is 0 Å². The van der Waals surface area contributed by atoms with Crippen LogP contribution in [-0.4, -0.2) is 28.2 Å². The molecule has 0 amide bonds. The third kappa shape index (κ3) is 1.42. The van der Waals surface area contributed by atoms with Crippen molar-refractivity contribution in [2.75, 3.05) is 0 Å². The predicted octanol–water partition coefficient (Wildman–Crippen LogP) is 1.48. The molecule has 2 nitrogen and oxygen atoms in total. The van der Waals surface area contributed by atoms with Gasteiger partial charge in [-0.05, 0) is 0 Å². The van der Waals surface area contributed by atoms with E-state index >= 15 is 0 Å². The zero-order chi connectivity index (χ0) is 7.68. The van der Waals surface area contributed by atoms with Crippen LogP contribution in [-0.2, 0) is 2.81 Å². The summed E-state index contributed by atoms with van der Waals surface area (Å²) < 4.78 is 5.01. The second-order valence-electron chi connectivity index (χ2n) is 2.04. The van der Waals surface area contributed by atoms with E-state index in [0.29, 0.717) is 0 Å². The molecule has 4 heteroatoms.